The molecule has 2 bridgehead atoms. The maximum atomic E-state index is 11.1. The van der Waals surface area contributed by atoms with Gasteiger partial charge in [0.15, 0.2) is 0 Å². The Labute approximate surface area is 76.5 Å². The lowest BCUT2D eigenvalue weighted by Gasteiger charge is -2.29. The molecule has 0 amide bonds. The zero-order chi connectivity index (χ0) is 9.47. The van der Waals surface area contributed by atoms with Crippen LogP contribution in [0.2, 0.25) is 0 Å². The number of carbonyl (C=O) groups is 1. The van der Waals surface area contributed by atoms with Gasteiger partial charge in [-0.05, 0) is 25.7 Å². The Morgan fingerprint density at radius 1 is 1.54 bits per heavy atom. The molecular weight excluding hydrogens is 172 g/mol. The molecule has 4 heteroatoms. The van der Waals surface area contributed by atoms with Crippen molar-refractivity contribution in [3.63, 3.8) is 0 Å². The minimum Gasteiger partial charge on any atom is -0.481 e. The Bertz CT molecular complexity index is 228. The number of hydrogen-bond donors (Lipinski definition) is 2. The van der Waals surface area contributed by atoms with Crippen molar-refractivity contribution in [2.45, 2.75) is 37.9 Å². The van der Waals surface area contributed by atoms with Crippen molar-refractivity contribution < 1.29 is 19.7 Å². The lowest BCUT2D eigenvalue weighted by molar-refractivity contribution is -0.153. The average Bonchev–Trinajstić information content (AvgIpc) is 2.64. The molecule has 2 rings (SSSR count). The number of aliphatic hydroxyl groups is 1. The summed E-state index contributed by atoms with van der Waals surface area (Å²) in [5.41, 5.74) is -0.794. The second-order valence-corrected chi connectivity index (χ2v) is 3.96. The van der Waals surface area contributed by atoms with Gasteiger partial charge in [0, 0.05) is 6.61 Å². The minimum absolute atomic E-state index is 0.0706. The standard InChI is InChI=1S/C9H14O4/c10-4-3-9(8(11)12)5-6-1-2-7(9)13-6/h6-7,10H,1-5H2,(H,11,12). The van der Waals surface area contributed by atoms with Gasteiger partial charge in [-0.15, -0.1) is 0 Å². The molecule has 2 aliphatic rings. The van der Waals surface area contributed by atoms with Crippen LogP contribution < -0.4 is 0 Å². The predicted molar refractivity (Wildman–Crippen MR) is 44.3 cm³/mol. The Morgan fingerprint density at radius 3 is 2.69 bits per heavy atom. The monoisotopic (exact) mass is 186 g/mol. The van der Waals surface area contributed by atoms with Gasteiger partial charge in [-0.1, -0.05) is 0 Å². The molecule has 2 aliphatic heterocycles. The van der Waals surface area contributed by atoms with Crippen molar-refractivity contribution in [2.24, 2.45) is 5.41 Å². The summed E-state index contributed by atoms with van der Waals surface area (Å²) in [6.45, 7) is -0.0706. The van der Waals surface area contributed by atoms with Crippen LogP contribution in [-0.4, -0.2) is 35.0 Å². The lowest BCUT2D eigenvalue weighted by Crippen LogP contribution is -2.41. The quantitative estimate of drug-likeness (QED) is 0.669. The van der Waals surface area contributed by atoms with Crippen LogP contribution in [0.5, 0.6) is 0 Å². The van der Waals surface area contributed by atoms with E-state index in [-0.39, 0.29) is 18.8 Å². The van der Waals surface area contributed by atoms with Crippen LogP contribution in [0.4, 0.5) is 0 Å². The largest absolute Gasteiger partial charge is 0.481 e. The van der Waals surface area contributed by atoms with E-state index in [1.165, 1.54) is 0 Å². The van der Waals surface area contributed by atoms with Gasteiger partial charge in [0.2, 0.25) is 0 Å². The van der Waals surface area contributed by atoms with Crippen molar-refractivity contribution in [1.82, 2.24) is 0 Å². The smallest absolute Gasteiger partial charge is 0.312 e. The fourth-order valence-corrected chi connectivity index (χ4v) is 2.59. The lowest BCUT2D eigenvalue weighted by atomic mass is 9.72. The number of aliphatic carboxylic acids is 1. The first-order valence-electron chi connectivity index (χ1n) is 4.69. The highest BCUT2D eigenvalue weighted by Crippen LogP contribution is 2.49. The van der Waals surface area contributed by atoms with Gasteiger partial charge < -0.3 is 14.9 Å². The second-order valence-electron chi connectivity index (χ2n) is 3.96. The summed E-state index contributed by atoms with van der Waals surface area (Å²) >= 11 is 0. The predicted octanol–water partition coefficient (Wildman–Crippen LogP) is 0.391. The third-order valence-electron chi connectivity index (χ3n) is 3.30. The number of fused-ring (bicyclic) bond motifs is 2. The summed E-state index contributed by atoms with van der Waals surface area (Å²) < 4.78 is 5.51. The summed E-state index contributed by atoms with van der Waals surface area (Å²) in [5.74, 6) is -0.811. The van der Waals surface area contributed by atoms with E-state index in [4.69, 9.17) is 14.9 Å². The molecule has 0 radical (unpaired) electrons. The third kappa shape index (κ3) is 1.16. The van der Waals surface area contributed by atoms with E-state index >= 15 is 0 Å². The number of aliphatic hydroxyl groups excluding tert-OH is 1. The van der Waals surface area contributed by atoms with E-state index < -0.39 is 11.4 Å². The van der Waals surface area contributed by atoms with E-state index in [2.05, 4.69) is 0 Å². The number of ether oxygens (including phenoxy) is 1. The van der Waals surface area contributed by atoms with Gasteiger partial charge in [-0.25, -0.2) is 0 Å². The normalized spacial score (nSPS) is 42.5. The molecule has 0 aromatic heterocycles. The molecule has 74 valence electrons. The van der Waals surface area contributed by atoms with Crippen LogP contribution in [0.25, 0.3) is 0 Å². The maximum absolute atomic E-state index is 11.1. The van der Waals surface area contributed by atoms with Crippen LogP contribution in [0.3, 0.4) is 0 Å². The molecule has 0 aromatic carbocycles. The van der Waals surface area contributed by atoms with Gasteiger partial charge in [-0.2, -0.15) is 0 Å². The molecule has 0 spiro atoms. The molecule has 4 nitrogen and oxygen atoms in total. The molecule has 3 unspecified atom stereocenters. The van der Waals surface area contributed by atoms with Crippen molar-refractivity contribution in [1.29, 1.82) is 0 Å². The number of carboxylic acid groups (broad SMARTS) is 1. The first kappa shape index (κ1) is 8.97. The molecule has 3 atom stereocenters. The Kier molecular flexibility index (Phi) is 2.04. The fraction of sp³-hybridized carbons (Fsp3) is 0.889. The van der Waals surface area contributed by atoms with Crippen molar-refractivity contribution in [2.75, 3.05) is 6.61 Å². The summed E-state index contributed by atoms with van der Waals surface area (Å²) in [4.78, 5) is 11.1. The average molecular weight is 186 g/mol. The molecular formula is C9H14O4. The summed E-state index contributed by atoms with van der Waals surface area (Å²) in [5, 5.41) is 18.0. The summed E-state index contributed by atoms with van der Waals surface area (Å²) in [6, 6.07) is 0. The second kappa shape index (κ2) is 2.96. The topological polar surface area (TPSA) is 66.8 Å². The van der Waals surface area contributed by atoms with Crippen LogP contribution in [0, 0.1) is 5.41 Å². The first-order valence-corrected chi connectivity index (χ1v) is 4.69. The maximum Gasteiger partial charge on any atom is 0.312 e. The van der Waals surface area contributed by atoms with E-state index in [1.807, 2.05) is 0 Å². The Hall–Kier alpha value is -0.610. The Balaban J connectivity index is 2.20. The van der Waals surface area contributed by atoms with Crippen LogP contribution in [-0.2, 0) is 9.53 Å². The molecule has 2 N–H and O–H groups in total. The number of hydrogen-bond acceptors (Lipinski definition) is 3. The third-order valence-corrected chi connectivity index (χ3v) is 3.30. The highest BCUT2D eigenvalue weighted by atomic mass is 16.5. The molecule has 13 heavy (non-hydrogen) atoms. The van der Waals surface area contributed by atoms with Crippen molar-refractivity contribution in [3.8, 4) is 0 Å². The van der Waals surface area contributed by atoms with Gasteiger partial charge in [0.1, 0.15) is 0 Å². The number of rotatable bonds is 3. The minimum atomic E-state index is -0.811. The van der Waals surface area contributed by atoms with Crippen LogP contribution in [0.1, 0.15) is 25.7 Å². The first-order chi connectivity index (χ1) is 6.19. The van der Waals surface area contributed by atoms with E-state index in [1.54, 1.807) is 0 Å². The highest BCUT2D eigenvalue weighted by molar-refractivity contribution is 5.76. The zero-order valence-electron chi connectivity index (χ0n) is 7.40. The SMILES string of the molecule is O=C(O)C1(CCO)CC2CCC1O2. The zero-order valence-corrected chi connectivity index (χ0v) is 7.40. The van der Waals surface area contributed by atoms with E-state index in [0.29, 0.717) is 12.8 Å². The van der Waals surface area contributed by atoms with Crippen LogP contribution >= 0.6 is 0 Å². The van der Waals surface area contributed by atoms with Gasteiger partial charge in [-0.3, -0.25) is 4.79 Å². The van der Waals surface area contributed by atoms with Crippen molar-refractivity contribution >= 4 is 5.97 Å². The summed E-state index contributed by atoms with van der Waals surface area (Å²) in [7, 11) is 0. The van der Waals surface area contributed by atoms with Crippen molar-refractivity contribution in [3.05, 3.63) is 0 Å². The molecule has 0 aromatic rings. The fourth-order valence-electron chi connectivity index (χ4n) is 2.59. The molecule has 2 heterocycles. The molecule has 2 fully saturated rings. The molecule has 2 saturated heterocycles. The molecule has 0 saturated carbocycles. The Morgan fingerprint density at radius 2 is 2.31 bits per heavy atom. The van der Waals surface area contributed by atoms with Crippen LogP contribution in [0.15, 0.2) is 0 Å². The van der Waals surface area contributed by atoms with E-state index in [9.17, 15) is 4.79 Å². The van der Waals surface area contributed by atoms with E-state index in [0.717, 1.165) is 12.8 Å². The highest BCUT2D eigenvalue weighted by Gasteiger charge is 2.56. The van der Waals surface area contributed by atoms with Gasteiger partial charge >= 0.3 is 5.97 Å². The van der Waals surface area contributed by atoms with Gasteiger partial charge in [0.05, 0.1) is 17.6 Å². The summed E-state index contributed by atoms with van der Waals surface area (Å²) in [6.07, 6.45) is 2.66. The number of carboxylic acids is 1. The molecule has 0 aliphatic carbocycles. The van der Waals surface area contributed by atoms with Gasteiger partial charge in [0.25, 0.3) is 0 Å².